The molecule has 43 heavy (non-hydrogen) atoms. The minimum atomic E-state index is -1.13. The van der Waals surface area contributed by atoms with Gasteiger partial charge in [-0.3, -0.25) is 14.6 Å². The van der Waals surface area contributed by atoms with Crippen LogP contribution in [-0.2, 0) is 11.8 Å². The second kappa shape index (κ2) is 13.9. The Balaban J connectivity index is 1.52. The fourth-order valence-electron chi connectivity index (χ4n) is 4.74. The number of rotatable bonds is 9. The van der Waals surface area contributed by atoms with E-state index in [1.807, 2.05) is 0 Å². The number of carbonyl (C=O) groups excluding carboxylic acids is 2. The number of nitrogens with zero attached hydrogens (tertiary/aromatic N) is 4. The minimum absolute atomic E-state index is 0.0507. The molecule has 0 bridgehead atoms. The third-order valence-electron chi connectivity index (χ3n) is 7.19. The van der Waals surface area contributed by atoms with Gasteiger partial charge in [0.15, 0.2) is 17.5 Å². The molecule has 2 amide bonds. The highest BCUT2D eigenvalue weighted by Crippen LogP contribution is 2.30. The van der Waals surface area contributed by atoms with Gasteiger partial charge in [0.2, 0.25) is 0 Å². The first-order valence-corrected chi connectivity index (χ1v) is 14.0. The van der Waals surface area contributed by atoms with Crippen molar-refractivity contribution in [2.75, 3.05) is 38.7 Å². The Kier molecular flexibility index (Phi) is 10.3. The minimum Gasteiger partial charge on any atom is -0.402 e. The molecule has 1 aliphatic heterocycles. The maximum atomic E-state index is 15.4. The number of benzene rings is 2. The Morgan fingerprint density at radius 3 is 2.53 bits per heavy atom. The van der Waals surface area contributed by atoms with Crippen LogP contribution in [0.4, 0.5) is 14.5 Å². The molecule has 1 fully saturated rings. The van der Waals surface area contributed by atoms with Crippen molar-refractivity contribution in [2.24, 2.45) is 23.5 Å². The summed E-state index contributed by atoms with van der Waals surface area (Å²) in [5, 5.41) is 2.87. The van der Waals surface area contributed by atoms with E-state index in [1.54, 1.807) is 24.0 Å². The Bertz CT molecular complexity index is 1580. The zero-order chi connectivity index (χ0) is 31.3. The summed E-state index contributed by atoms with van der Waals surface area (Å²) in [5.74, 6) is -3.10. The predicted octanol–water partition coefficient (Wildman–Crippen LogP) is 4.24. The molecular weight excluding hydrogens is 580 g/mol. The summed E-state index contributed by atoms with van der Waals surface area (Å²) in [7, 11) is 3.05. The molecule has 4 rings (SSSR count). The van der Waals surface area contributed by atoms with Crippen LogP contribution in [0, 0.1) is 11.6 Å². The standard InChI is InChI=1S/C30H34ClF2N7O3/c1-17(34)23(15-36-10-13-43-3)20-6-7-22(27(33)26(20)32)25-16-37-28(39(25)2)29(41)38-19-4-5-21(24(31)14-19)30(42)40-11-8-18(35)9-12-40/h4-7,14-16,18H,8-13,34-35H2,1-3H3,(H,38,41)/b23-17+,36-15?. The molecule has 0 radical (unpaired) electrons. The van der Waals surface area contributed by atoms with Crippen LogP contribution in [0.2, 0.25) is 5.02 Å². The number of anilines is 1. The van der Waals surface area contributed by atoms with Crippen LogP contribution in [0.15, 0.2) is 47.2 Å². The summed E-state index contributed by atoms with van der Waals surface area (Å²) in [4.78, 5) is 36.0. The van der Waals surface area contributed by atoms with Gasteiger partial charge in [-0.05, 0) is 44.0 Å². The summed E-state index contributed by atoms with van der Waals surface area (Å²) < 4.78 is 36.9. The van der Waals surface area contributed by atoms with Gasteiger partial charge in [-0.1, -0.05) is 17.7 Å². The molecule has 5 N–H and O–H groups in total. The first kappa shape index (κ1) is 31.8. The number of likely N-dealkylation sites (tertiary alicyclic amines) is 1. The second-order valence-corrected chi connectivity index (χ2v) is 10.6. The number of allylic oxidation sites excluding steroid dienone is 2. The lowest BCUT2D eigenvalue weighted by molar-refractivity contribution is 0.0715. The van der Waals surface area contributed by atoms with Gasteiger partial charge in [-0.25, -0.2) is 13.8 Å². The van der Waals surface area contributed by atoms with Gasteiger partial charge < -0.3 is 31.0 Å². The number of piperidine rings is 1. The monoisotopic (exact) mass is 613 g/mol. The molecule has 0 spiro atoms. The van der Waals surface area contributed by atoms with E-state index in [2.05, 4.69) is 15.3 Å². The largest absolute Gasteiger partial charge is 0.402 e. The highest BCUT2D eigenvalue weighted by molar-refractivity contribution is 6.34. The molecule has 0 aliphatic carbocycles. The van der Waals surface area contributed by atoms with Gasteiger partial charge in [-0.15, -0.1) is 0 Å². The third kappa shape index (κ3) is 7.10. The number of halogens is 3. The number of nitrogens with one attached hydrogen (secondary N) is 1. The van der Waals surface area contributed by atoms with Crippen molar-refractivity contribution in [1.29, 1.82) is 0 Å². The van der Waals surface area contributed by atoms with Crippen LogP contribution in [0.25, 0.3) is 16.8 Å². The summed E-state index contributed by atoms with van der Waals surface area (Å²) in [6, 6.07) is 7.46. The van der Waals surface area contributed by atoms with Crippen molar-refractivity contribution in [3.05, 3.63) is 75.8 Å². The quantitative estimate of drug-likeness (QED) is 0.244. The second-order valence-electron chi connectivity index (χ2n) is 10.2. The van der Waals surface area contributed by atoms with Crippen LogP contribution in [0.3, 0.4) is 0 Å². The highest BCUT2D eigenvalue weighted by atomic mass is 35.5. The van der Waals surface area contributed by atoms with Gasteiger partial charge in [0, 0.05) is 67.6 Å². The van der Waals surface area contributed by atoms with Crippen molar-refractivity contribution in [2.45, 2.75) is 25.8 Å². The molecule has 0 unspecified atom stereocenters. The average Bonchev–Trinajstić information content (AvgIpc) is 3.36. The van der Waals surface area contributed by atoms with Crippen molar-refractivity contribution in [3.8, 4) is 11.3 Å². The van der Waals surface area contributed by atoms with E-state index in [0.717, 1.165) is 12.8 Å². The molecule has 2 heterocycles. The Labute approximate surface area is 253 Å². The first-order chi connectivity index (χ1) is 20.5. The maximum absolute atomic E-state index is 15.4. The molecule has 0 saturated carbocycles. The van der Waals surface area contributed by atoms with Crippen LogP contribution in [0.1, 0.15) is 46.3 Å². The molecule has 3 aromatic rings. The van der Waals surface area contributed by atoms with Gasteiger partial charge in [-0.2, -0.15) is 0 Å². The van der Waals surface area contributed by atoms with E-state index >= 15 is 8.78 Å². The molecule has 13 heteroatoms. The summed E-state index contributed by atoms with van der Waals surface area (Å²) in [5.41, 5.74) is 13.1. The molecule has 0 atom stereocenters. The van der Waals surface area contributed by atoms with Gasteiger partial charge in [0.1, 0.15) is 0 Å². The van der Waals surface area contributed by atoms with Gasteiger partial charge in [0.25, 0.3) is 11.8 Å². The Morgan fingerprint density at radius 1 is 1.19 bits per heavy atom. The molecule has 1 aromatic heterocycles. The van der Waals surface area contributed by atoms with E-state index in [9.17, 15) is 9.59 Å². The molecule has 2 aromatic carbocycles. The normalized spacial score (nSPS) is 14.7. The Morgan fingerprint density at radius 2 is 1.88 bits per heavy atom. The lowest BCUT2D eigenvalue weighted by Gasteiger charge is -2.30. The number of imidazole rings is 1. The number of amides is 2. The van der Waals surface area contributed by atoms with Crippen LogP contribution >= 0.6 is 11.6 Å². The summed E-state index contributed by atoms with van der Waals surface area (Å²) >= 11 is 6.40. The molecular formula is C30H34ClF2N7O3. The van der Waals surface area contributed by atoms with Crippen LogP contribution in [-0.4, -0.2) is 71.9 Å². The van der Waals surface area contributed by atoms with E-state index in [-0.39, 0.29) is 50.9 Å². The lowest BCUT2D eigenvalue weighted by Crippen LogP contribution is -2.42. The number of hydrogen-bond acceptors (Lipinski definition) is 7. The fourth-order valence-corrected chi connectivity index (χ4v) is 5.00. The number of aliphatic imine (C=N–C) groups is 1. The van der Waals surface area contributed by atoms with E-state index in [1.165, 1.54) is 49.3 Å². The van der Waals surface area contributed by atoms with Crippen molar-refractivity contribution in [3.63, 3.8) is 0 Å². The number of nitrogens with two attached hydrogens (primary N) is 2. The van der Waals surface area contributed by atoms with Crippen molar-refractivity contribution >= 4 is 40.9 Å². The summed E-state index contributed by atoms with van der Waals surface area (Å²) in [6.07, 6.45) is 4.11. The average molecular weight is 614 g/mol. The number of aromatic nitrogens is 2. The molecule has 1 saturated heterocycles. The zero-order valence-electron chi connectivity index (χ0n) is 24.2. The number of methoxy groups -OCH3 is 1. The summed E-state index contributed by atoms with van der Waals surface area (Å²) in [6.45, 7) is 3.37. The highest BCUT2D eigenvalue weighted by Gasteiger charge is 2.25. The third-order valence-corrected chi connectivity index (χ3v) is 7.51. The molecule has 10 nitrogen and oxygen atoms in total. The first-order valence-electron chi connectivity index (χ1n) is 13.6. The number of ether oxygens (including phenoxy) is 1. The number of hydrogen-bond donors (Lipinski definition) is 3. The van der Waals surface area contributed by atoms with Gasteiger partial charge >= 0.3 is 0 Å². The number of carbonyl (C=O) groups is 2. The fraction of sp³-hybridized carbons (Fsp3) is 0.333. The van der Waals surface area contributed by atoms with E-state index < -0.39 is 17.5 Å². The molecule has 1 aliphatic rings. The van der Waals surface area contributed by atoms with Crippen LogP contribution < -0.4 is 16.8 Å². The van der Waals surface area contributed by atoms with Crippen LogP contribution in [0.5, 0.6) is 0 Å². The maximum Gasteiger partial charge on any atom is 0.291 e. The van der Waals surface area contributed by atoms with Gasteiger partial charge in [0.05, 0.1) is 35.6 Å². The van der Waals surface area contributed by atoms with Crippen molar-refractivity contribution < 1.29 is 23.1 Å². The zero-order valence-corrected chi connectivity index (χ0v) is 24.9. The molecule has 228 valence electrons. The smallest absolute Gasteiger partial charge is 0.291 e. The topological polar surface area (TPSA) is 141 Å². The predicted molar refractivity (Wildman–Crippen MR) is 163 cm³/mol. The Hall–Kier alpha value is -4.13. The van der Waals surface area contributed by atoms with E-state index in [0.29, 0.717) is 37.5 Å². The SMILES string of the molecule is COCCN=C/C(=C(/C)N)c1ccc(-c2cnc(C(=O)Nc3ccc(C(=O)N4CCC(N)CC4)c(Cl)c3)n2C)c(F)c1F. The van der Waals surface area contributed by atoms with E-state index in [4.69, 9.17) is 27.8 Å². The van der Waals surface area contributed by atoms with Crippen molar-refractivity contribution in [1.82, 2.24) is 14.5 Å². The lowest BCUT2D eigenvalue weighted by atomic mass is 10.0.